The van der Waals surface area contributed by atoms with Gasteiger partial charge in [0.25, 0.3) is 11.5 Å². The van der Waals surface area contributed by atoms with E-state index in [9.17, 15) is 9.59 Å². The first kappa shape index (κ1) is 14.7. The molecule has 0 aliphatic carbocycles. The second kappa shape index (κ2) is 6.27. The molecule has 116 valence electrons. The molecule has 1 amide bonds. The molecule has 23 heavy (non-hydrogen) atoms. The van der Waals surface area contributed by atoms with Crippen LogP contribution in [0.5, 0.6) is 0 Å². The van der Waals surface area contributed by atoms with Crippen molar-refractivity contribution in [2.24, 2.45) is 0 Å². The summed E-state index contributed by atoms with van der Waals surface area (Å²) in [5, 5.41) is 2.62. The molecule has 0 saturated heterocycles. The van der Waals surface area contributed by atoms with Crippen LogP contribution in [0.25, 0.3) is 11.4 Å². The summed E-state index contributed by atoms with van der Waals surface area (Å²) in [5.74, 6) is 1.23. The van der Waals surface area contributed by atoms with Crippen LogP contribution in [0.1, 0.15) is 21.9 Å². The predicted molar refractivity (Wildman–Crippen MR) is 82.7 cm³/mol. The molecule has 0 unspecified atom stereocenters. The lowest BCUT2D eigenvalue weighted by Gasteiger charge is -2.04. The summed E-state index contributed by atoms with van der Waals surface area (Å²) in [6, 6.07) is 7.08. The molecule has 3 aromatic heterocycles. The molecule has 3 rings (SSSR count). The minimum Gasteiger partial charge on any atom is -0.465 e. The Balaban J connectivity index is 1.75. The number of H-pyrrole nitrogens is 1. The van der Waals surface area contributed by atoms with E-state index in [1.807, 2.05) is 6.92 Å². The Kier molecular flexibility index (Phi) is 4.01. The lowest BCUT2D eigenvalue weighted by molar-refractivity contribution is 0.0946. The number of hydrogen-bond acceptors (Lipinski definition) is 5. The van der Waals surface area contributed by atoms with Gasteiger partial charge in [-0.15, -0.1) is 0 Å². The lowest BCUT2D eigenvalue weighted by Crippen LogP contribution is -2.29. The molecular weight excluding hydrogens is 296 g/mol. The highest BCUT2D eigenvalue weighted by Gasteiger charge is 2.13. The van der Waals surface area contributed by atoms with E-state index in [1.54, 1.807) is 36.7 Å². The summed E-state index contributed by atoms with van der Waals surface area (Å²) in [6.45, 7) is 2.02. The van der Waals surface area contributed by atoms with Crippen molar-refractivity contribution >= 4 is 5.91 Å². The third-order valence-corrected chi connectivity index (χ3v) is 3.20. The summed E-state index contributed by atoms with van der Waals surface area (Å²) in [7, 11) is 0. The van der Waals surface area contributed by atoms with Crippen LogP contribution in [-0.2, 0) is 6.54 Å². The Labute approximate surface area is 131 Å². The summed E-state index contributed by atoms with van der Waals surface area (Å²) in [5.41, 5.74) is 0.107. The minimum absolute atomic E-state index is 0.0547. The molecule has 0 aromatic carbocycles. The fourth-order valence-electron chi connectivity index (χ4n) is 2.05. The first-order valence-electron chi connectivity index (χ1n) is 6.97. The Hall–Kier alpha value is -3.22. The number of amides is 1. The van der Waals surface area contributed by atoms with Crippen molar-refractivity contribution in [2.45, 2.75) is 13.5 Å². The van der Waals surface area contributed by atoms with Crippen LogP contribution < -0.4 is 10.9 Å². The van der Waals surface area contributed by atoms with Gasteiger partial charge in [-0.2, -0.15) is 0 Å². The minimum atomic E-state index is -0.509. The molecule has 0 aliphatic rings. The van der Waals surface area contributed by atoms with Gasteiger partial charge < -0.3 is 14.7 Å². The predicted octanol–water partition coefficient (Wildman–Crippen LogP) is 1.66. The van der Waals surface area contributed by atoms with Crippen molar-refractivity contribution in [3.8, 4) is 11.4 Å². The number of nitrogens with one attached hydrogen (secondary N) is 2. The average Bonchev–Trinajstić information content (AvgIpc) is 2.99. The van der Waals surface area contributed by atoms with Crippen molar-refractivity contribution < 1.29 is 9.21 Å². The zero-order valence-corrected chi connectivity index (χ0v) is 12.4. The monoisotopic (exact) mass is 310 g/mol. The van der Waals surface area contributed by atoms with E-state index in [0.29, 0.717) is 17.1 Å². The van der Waals surface area contributed by atoms with Crippen molar-refractivity contribution in [1.29, 1.82) is 0 Å². The van der Waals surface area contributed by atoms with Crippen molar-refractivity contribution in [1.82, 2.24) is 20.3 Å². The number of nitrogens with zero attached hydrogens (tertiary/aromatic N) is 2. The highest BCUT2D eigenvalue weighted by molar-refractivity contribution is 5.93. The molecule has 3 aromatic rings. The maximum Gasteiger partial charge on any atom is 0.264 e. The summed E-state index contributed by atoms with van der Waals surface area (Å²) in [6.07, 6.45) is 4.46. The number of hydrogen-bond donors (Lipinski definition) is 2. The van der Waals surface area contributed by atoms with E-state index in [0.717, 1.165) is 5.76 Å². The van der Waals surface area contributed by atoms with Crippen LogP contribution in [0.3, 0.4) is 0 Å². The van der Waals surface area contributed by atoms with Crippen LogP contribution in [0.2, 0.25) is 0 Å². The molecule has 3 heterocycles. The van der Waals surface area contributed by atoms with E-state index in [2.05, 4.69) is 20.3 Å². The van der Waals surface area contributed by atoms with Gasteiger partial charge in [0, 0.05) is 24.2 Å². The van der Waals surface area contributed by atoms with Gasteiger partial charge in [0.05, 0.1) is 6.54 Å². The van der Waals surface area contributed by atoms with Gasteiger partial charge in [0.1, 0.15) is 22.9 Å². The Bertz CT molecular complexity index is 884. The molecule has 0 radical (unpaired) electrons. The second-order valence-corrected chi connectivity index (χ2v) is 4.91. The molecule has 0 atom stereocenters. The van der Waals surface area contributed by atoms with E-state index in [4.69, 9.17) is 4.42 Å². The van der Waals surface area contributed by atoms with Gasteiger partial charge in [-0.05, 0) is 31.2 Å². The Morgan fingerprint density at radius 2 is 2.17 bits per heavy atom. The number of carbonyl (C=O) groups is 1. The van der Waals surface area contributed by atoms with Gasteiger partial charge in [-0.1, -0.05) is 0 Å². The number of aromatic amines is 1. The van der Waals surface area contributed by atoms with Crippen LogP contribution in [-0.4, -0.2) is 20.9 Å². The fourth-order valence-corrected chi connectivity index (χ4v) is 2.05. The molecular formula is C16H14N4O3. The summed E-state index contributed by atoms with van der Waals surface area (Å²) in [4.78, 5) is 34.8. The normalized spacial score (nSPS) is 10.5. The van der Waals surface area contributed by atoms with Gasteiger partial charge >= 0.3 is 0 Å². The van der Waals surface area contributed by atoms with Crippen molar-refractivity contribution in [3.05, 3.63) is 70.3 Å². The fraction of sp³-hybridized carbons (Fsp3) is 0.125. The van der Waals surface area contributed by atoms with Crippen LogP contribution >= 0.6 is 0 Å². The standard InChI is InChI=1S/C16H14N4O3/c1-10-4-5-12(23-10)8-19-15(21)13-9-18-14(20-16(13)22)11-3-2-6-17-7-11/h2-7,9H,8H2,1H3,(H,19,21)(H,18,20,22). The largest absolute Gasteiger partial charge is 0.465 e. The molecule has 7 heteroatoms. The molecule has 0 spiro atoms. The number of aromatic nitrogens is 3. The number of rotatable bonds is 4. The summed E-state index contributed by atoms with van der Waals surface area (Å²) >= 11 is 0. The van der Waals surface area contributed by atoms with Gasteiger partial charge in [-0.3, -0.25) is 14.6 Å². The zero-order valence-electron chi connectivity index (χ0n) is 12.4. The first-order chi connectivity index (χ1) is 11.1. The molecule has 0 bridgehead atoms. The third kappa shape index (κ3) is 3.34. The third-order valence-electron chi connectivity index (χ3n) is 3.20. The van der Waals surface area contributed by atoms with Gasteiger partial charge in [-0.25, -0.2) is 4.98 Å². The number of aryl methyl sites for hydroxylation is 1. The quantitative estimate of drug-likeness (QED) is 0.763. The highest BCUT2D eigenvalue weighted by atomic mass is 16.3. The van der Waals surface area contributed by atoms with Gasteiger partial charge in [0.15, 0.2) is 0 Å². The SMILES string of the molecule is Cc1ccc(CNC(=O)c2cnc(-c3cccnc3)[nH]c2=O)o1. The number of furan rings is 1. The van der Waals surface area contributed by atoms with Crippen molar-refractivity contribution in [3.63, 3.8) is 0 Å². The zero-order chi connectivity index (χ0) is 16.2. The maximum atomic E-state index is 12.1. The highest BCUT2D eigenvalue weighted by Crippen LogP contribution is 2.10. The molecule has 7 nitrogen and oxygen atoms in total. The summed E-state index contributed by atoms with van der Waals surface area (Å²) < 4.78 is 5.35. The topological polar surface area (TPSA) is 101 Å². The molecule has 0 saturated carbocycles. The van der Waals surface area contributed by atoms with Crippen LogP contribution in [0.4, 0.5) is 0 Å². The molecule has 0 aliphatic heterocycles. The van der Waals surface area contributed by atoms with Crippen LogP contribution in [0, 0.1) is 6.92 Å². The van der Waals surface area contributed by atoms with Crippen molar-refractivity contribution in [2.75, 3.05) is 0 Å². The lowest BCUT2D eigenvalue weighted by atomic mass is 10.2. The maximum absolute atomic E-state index is 12.1. The smallest absolute Gasteiger partial charge is 0.264 e. The van der Waals surface area contributed by atoms with E-state index < -0.39 is 11.5 Å². The first-order valence-corrected chi connectivity index (χ1v) is 6.97. The number of pyridine rings is 1. The molecule has 2 N–H and O–H groups in total. The van der Waals surface area contributed by atoms with E-state index in [1.165, 1.54) is 6.20 Å². The average molecular weight is 310 g/mol. The van der Waals surface area contributed by atoms with Gasteiger partial charge in [0.2, 0.25) is 0 Å². The van der Waals surface area contributed by atoms with E-state index >= 15 is 0 Å². The van der Waals surface area contributed by atoms with E-state index in [-0.39, 0.29) is 12.1 Å². The molecule has 0 fully saturated rings. The Morgan fingerprint density at radius 3 is 2.83 bits per heavy atom. The second-order valence-electron chi connectivity index (χ2n) is 4.91. The van der Waals surface area contributed by atoms with Crippen LogP contribution in [0.15, 0.2) is 52.1 Å². The number of carbonyl (C=O) groups excluding carboxylic acids is 1. The Morgan fingerprint density at radius 1 is 1.30 bits per heavy atom.